The van der Waals surface area contributed by atoms with E-state index in [9.17, 15) is 9.18 Å². The molecule has 0 aliphatic heterocycles. The third-order valence-corrected chi connectivity index (χ3v) is 1.63. The van der Waals surface area contributed by atoms with Gasteiger partial charge in [0.2, 0.25) is 0 Å². The van der Waals surface area contributed by atoms with Crippen molar-refractivity contribution in [2.24, 2.45) is 0 Å². The Balaban J connectivity index is 3.23. The van der Waals surface area contributed by atoms with E-state index in [-0.39, 0.29) is 16.8 Å². The zero-order valence-electron chi connectivity index (χ0n) is 7.12. The van der Waals surface area contributed by atoms with E-state index in [0.29, 0.717) is 0 Å². The number of carboxylic acid groups (broad SMARTS) is 1. The van der Waals surface area contributed by atoms with Crippen molar-refractivity contribution < 1.29 is 14.3 Å². The molecule has 0 spiro atoms. The fraction of sp³-hybridized carbons (Fsp3) is 0.111. The molecule has 0 radical (unpaired) electrons. The molecular weight excluding hydrogens is 187 g/mol. The maximum Gasteiger partial charge on any atom is 0.307 e. The highest BCUT2D eigenvalue weighted by atomic mass is 19.1. The number of nitriles is 1. The van der Waals surface area contributed by atoms with E-state index in [0.717, 1.165) is 0 Å². The second kappa shape index (κ2) is 3.75. The van der Waals surface area contributed by atoms with Crippen LogP contribution in [0, 0.1) is 17.1 Å². The predicted octanol–water partition coefficient (Wildman–Crippen LogP) is 0.907. The quantitative estimate of drug-likeness (QED) is 0.685. The molecule has 3 N–H and O–H groups in total. The number of nitrogens with zero attached hydrogens (tertiary/aromatic N) is 1. The molecule has 14 heavy (non-hydrogen) atoms. The molecule has 0 atom stereocenters. The molecule has 0 saturated carbocycles. The lowest BCUT2D eigenvalue weighted by atomic mass is 10.1. The number of rotatable bonds is 2. The maximum atomic E-state index is 13.3. The highest BCUT2D eigenvalue weighted by molar-refractivity contribution is 5.71. The van der Waals surface area contributed by atoms with Gasteiger partial charge < -0.3 is 10.8 Å². The molecule has 0 amide bonds. The maximum absolute atomic E-state index is 13.3. The van der Waals surface area contributed by atoms with Crippen molar-refractivity contribution in [1.82, 2.24) is 0 Å². The van der Waals surface area contributed by atoms with E-state index in [2.05, 4.69) is 0 Å². The Bertz CT molecular complexity index is 424. The number of carboxylic acids is 1. The number of nitrogens with two attached hydrogens (primary N) is 1. The Labute approximate surface area is 79.4 Å². The molecule has 0 bridgehead atoms. The van der Waals surface area contributed by atoms with Gasteiger partial charge in [0.05, 0.1) is 12.0 Å². The van der Waals surface area contributed by atoms with Crippen molar-refractivity contribution in [2.75, 3.05) is 5.73 Å². The molecule has 0 aliphatic carbocycles. The Morgan fingerprint density at radius 3 is 2.79 bits per heavy atom. The summed E-state index contributed by atoms with van der Waals surface area (Å²) in [5.41, 5.74) is 5.24. The lowest BCUT2D eigenvalue weighted by Crippen LogP contribution is -2.05. The first-order chi connectivity index (χ1) is 6.54. The van der Waals surface area contributed by atoms with E-state index in [1.54, 1.807) is 6.07 Å². The number of benzene rings is 1. The number of halogens is 1. The van der Waals surface area contributed by atoms with Crippen molar-refractivity contribution in [2.45, 2.75) is 6.42 Å². The van der Waals surface area contributed by atoms with E-state index in [1.165, 1.54) is 12.1 Å². The number of carbonyl (C=O) groups is 1. The molecule has 5 heteroatoms. The summed E-state index contributed by atoms with van der Waals surface area (Å²) in [6.45, 7) is 0. The SMILES string of the molecule is N#Cc1cc(N)cc(CC(=O)O)c1F. The molecule has 1 aromatic rings. The summed E-state index contributed by atoms with van der Waals surface area (Å²) in [6.07, 6.45) is -0.481. The van der Waals surface area contributed by atoms with Crippen LogP contribution in [0.15, 0.2) is 12.1 Å². The van der Waals surface area contributed by atoms with Gasteiger partial charge in [0, 0.05) is 11.3 Å². The summed E-state index contributed by atoms with van der Waals surface area (Å²) in [7, 11) is 0. The Morgan fingerprint density at radius 2 is 2.29 bits per heavy atom. The van der Waals surface area contributed by atoms with Crippen LogP contribution in [-0.2, 0) is 11.2 Å². The lowest BCUT2D eigenvalue weighted by molar-refractivity contribution is -0.136. The predicted molar refractivity (Wildman–Crippen MR) is 46.9 cm³/mol. The number of hydrogen-bond donors (Lipinski definition) is 2. The van der Waals surface area contributed by atoms with Crippen molar-refractivity contribution in [3.8, 4) is 6.07 Å². The summed E-state index contributed by atoms with van der Waals surface area (Å²) in [5, 5.41) is 17.0. The lowest BCUT2D eigenvalue weighted by Gasteiger charge is -2.03. The number of aliphatic carboxylic acids is 1. The van der Waals surface area contributed by atoms with Crippen molar-refractivity contribution in [1.29, 1.82) is 5.26 Å². The Kier molecular flexibility index (Phi) is 2.67. The molecule has 0 aliphatic rings. The second-order valence-electron chi connectivity index (χ2n) is 2.72. The van der Waals surface area contributed by atoms with Gasteiger partial charge in [-0.2, -0.15) is 5.26 Å². The summed E-state index contributed by atoms with van der Waals surface area (Å²) in [6, 6.07) is 3.98. The highest BCUT2D eigenvalue weighted by Crippen LogP contribution is 2.17. The normalized spacial score (nSPS) is 9.43. The van der Waals surface area contributed by atoms with Crippen LogP contribution in [0.1, 0.15) is 11.1 Å². The Hall–Kier alpha value is -2.09. The zero-order valence-corrected chi connectivity index (χ0v) is 7.12. The van der Waals surface area contributed by atoms with E-state index < -0.39 is 18.2 Å². The fourth-order valence-corrected chi connectivity index (χ4v) is 1.08. The van der Waals surface area contributed by atoms with Crippen LogP contribution in [0.5, 0.6) is 0 Å². The van der Waals surface area contributed by atoms with Crippen LogP contribution in [0.2, 0.25) is 0 Å². The van der Waals surface area contributed by atoms with Crippen molar-refractivity contribution in [3.63, 3.8) is 0 Å². The van der Waals surface area contributed by atoms with Crippen LogP contribution in [0.25, 0.3) is 0 Å². The van der Waals surface area contributed by atoms with Crippen LogP contribution in [0.4, 0.5) is 10.1 Å². The topological polar surface area (TPSA) is 87.1 Å². The molecular formula is C9H7FN2O2. The number of hydrogen-bond acceptors (Lipinski definition) is 3. The van der Waals surface area contributed by atoms with E-state index in [1.807, 2.05) is 0 Å². The molecule has 0 aromatic heterocycles. The third kappa shape index (κ3) is 1.98. The average molecular weight is 194 g/mol. The molecule has 4 nitrogen and oxygen atoms in total. The van der Waals surface area contributed by atoms with Crippen LogP contribution in [-0.4, -0.2) is 11.1 Å². The summed E-state index contributed by atoms with van der Waals surface area (Å²) in [5.74, 6) is -1.98. The molecule has 1 aromatic carbocycles. The van der Waals surface area contributed by atoms with Gasteiger partial charge in [-0.1, -0.05) is 0 Å². The van der Waals surface area contributed by atoms with Gasteiger partial charge >= 0.3 is 5.97 Å². The third-order valence-electron chi connectivity index (χ3n) is 1.63. The summed E-state index contributed by atoms with van der Waals surface area (Å²) < 4.78 is 13.3. The minimum absolute atomic E-state index is 0.0750. The highest BCUT2D eigenvalue weighted by Gasteiger charge is 2.12. The van der Waals surface area contributed by atoms with Gasteiger partial charge in [-0.15, -0.1) is 0 Å². The number of nitrogen functional groups attached to an aromatic ring is 1. The number of anilines is 1. The van der Waals surface area contributed by atoms with Gasteiger partial charge in [0.25, 0.3) is 0 Å². The van der Waals surface area contributed by atoms with Gasteiger partial charge in [-0.25, -0.2) is 4.39 Å². The monoisotopic (exact) mass is 194 g/mol. The second-order valence-corrected chi connectivity index (χ2v) is 2.72. The first-order valence-corrected chi connectivity index (χ1v) is 3.74. The van der Waals surface area contributed by atoms with Gasteiger partial charge in [-0.3, -0.25) is 4.79 Å². The first-order valence-electron chi connectivity index (χ1n) is 3.74. The fourth-order valence-electron chi connectivity index (χ4n) is 1.08. The average Bonchev–Trinajstić information content (AvgIpc) is 2.09. The first kappa shape index (κ1) is 9.99. The molecule has 0 heterocycles. The smallest absolute Gasteiger partial charge is 0.307 e. The van der Waals surface area contributed by atoms with Gasteiger partial charge in [0.15, 0.2) is 0 Å². The van der Waals surface area contributed by atoms with Crippen LogP contribution >= 0.6 is 0 Å². The van der Waals surface area contributed by atoms with Crippen molar-refractivity contribution >= 4 is 11.7 Å². The van der Waals surface area contributed by atoms with Crippen LogP contribution < -0.4 is 5.73 Å². The molecule has 0 saturated heterocycles. The largest absolute Gasteiger partial charge is 0.481 e. The van der Waals surface area contributed by atoms with Crippen LogP contribution in [0.3, 0.4) is 0 Å². The summed E-state index contributed by atoms with van der Waals surface area (Å²) >= 11 is 0. The van der Waals surface area contributed by atoms with E-state index in [4.69, 9.17) is 16.1 Å². The Morgan fingerprint density at radius 1 is 1.64 bits per heavy atom. The van der Waals surface area contributed by atoms with Gasteiger partial charge in [-0.05, 0) is 12.1 Å². The minimum Gasteiger partial charge on any atom is -0.481 e. The minimum atomic E-state index is -1.17. The molecule has 72 valence electrons. The van der Waals surface area contributed by atoms with Gasteiger partial charge in [0.1, 0.15) is 11.9 Å². The summed E-state index contributed by atoms with van der Waals surface area (Å²) in [4.78, 5) is 10.3. The van der Waals surface area contributed by atoms with Crippen molar-refractivity contribution in [3.05, 3.63) is 29.1 Å². The molecule has 0 unspecified atom stereocenters. The molecule has 1 rings (SSSR count). The zero-order chi connectivity index (χ0) is 10.7. The molecule has 0 fully saturated rings. The standard InChI is InChI=1S/C9H7FN2O2/c10-9-5(3-8(13)14)1-7(12)2-6(9)4-11/h1-2H,3,12H2,(H,13,14). The van der Waals surface area contributed by atoms with E-state index >= 15 is 0 Å².